The first kappa shape index (κ1) is 13.1. The van der Waals surface area contributed by atoms with Gasteiger partial charge in [0.15, 0.2) is 0 Å². The van der Waals surface area contributed by atoms with Crippen molar-refractivity contribution < 1.29 is 4.74 Å². The Hall–Kier alpha value is -1.88. The van der Waals surface area contributed by atoms with Crippen molar-refractivity contribution in [1.29, 1.82) is 0 Å². The minimum Gasteiger partial charge on any atom is -0.380 e. The molecule has 106 valence electrons. The molecule has 0 spiro atoms. The van der Waals surface area contributed by atoms with Crippen molar-refractivity contribution in [3.8, 4) is 0 Å². The summed E-state index contributed by atoms with van der Waals surface area (Å²) in [6.07, 6.45) is 1.34. The maximum Gasteiger partial charge on any atom is 0.225 e. The Morgan fingerprint density at radius 2 is 2.20 bits per heavy atom. The van der Waals surface area contributed by atoms with Crippen LogP contribution in [0.25, 0.3) is 10.9 Å². The van der Waals surface area contributed by atoms with Gasteiger partial charge in [0.25, 0.3) is 0 Å². The van der Waals surface area contributed by atoms with Crippen LogP contribution in [0.3, 0.4) is 0 Å². The number of para-hydroxylation sites is 1. The van der Waals surface area contributed by atoms with Crippen molar-refractivity contribution in [2.45, 2.75) is 19.4 Å². The van der Waals surface area contributed by atoms with Gasteiger partial charge in [-0.05, 0) is 25.5 Å². The van der Waals surface area contributed by atoms with Gasteiger partial charge in [-0.15, -0.1) is 0 Å². The number of benzene rings is 1. The number of nitrogens with one attached hydrogen (secondary N) is 1. The Bertz CT molecular complexity index is 601. The maximum atomic E-state index is 5.45. The second kappa shape index (κ2) is 5.63. The van der Waals surface area contributed by atoms with Crippen molar-refractivity contribution >= 4 is 22.7 Å². The van der Waals surface area contributed by atoms with Gasteiger partial charge in [-0.1, -0.05) is 12.1 Å². The topological polar surface area (TPSA) is 50.3 Å². The number of fused-ring (bicyclic) bond motifs is 1. The zero-order chi connectivity index (χ0) is 13.9. The Morgan fingerprint density at radius 1 is 1.35 bits per heavy atom. The lowest BCUT2D eigenvalue weighted by atomic mass is 10.2. The largest absolute Gasteiger partial charge is 0.380 e. The summed E-state index contributed by atoms with van der Waals surface area (Å²) in [6.45, 7) is 4.74. The van der Waals surface area contributed by atoms with Gasteiger partial charge in [-0.2, -0.15) is 4.98 Å². The summed E-state index contributed by atoms with van der Waals surface area (Å²) in [5.41, 5.74) is 0.981. The van der Waals surface area contributed by atoms with E-state index in [-0.39, 0.29) is 0 Å². The molecule has 1 N–H and O–H groups in total. The summed E-state index contributed by atoms with van der Waals surface area (Å²) >= 11 is 0. The minimum atomic E-state index is 0.298. The molecular weight excluding hydrogens is 252 g/mol. The van der Waals surface area contributed by atoms with Gasteiger partial charge in [0.05, 0.1) is 11.6 Å². The summed E-state index contributed by atoms with van der Waals surface area (Å²) < 4.78 is 5.45. The second-order valence-corrected chi connectivity index (χ2v) is 5.01. The molecule has 1 aromatic heterocycles. The molecule has 0 aliphatic carbocycles. The third kappa shape index (κ3) is 2.41. The van der Waals surface area contributed by atoms with Crippen molar-refractivity contribution in [1.82, 2.24) is 9.97 Å². The van der Waals surface area contributed by atoms with E-state index in [0.717, 1.165) is 42.8 Å². The molecule has 5 heteroatoms. The molecule has 1 saturated heterocycles. The van der Waals surface area contributed by atoms with E-state index in [1.165, 1.54) is 0 Å². The summed E-state index contributed by atoms with van der Waals surface area (Å²) in [5.74, 6) is 1.70. The first-order chi connectivity index (χ1) is 9.81. The number of anilines is 2. The predicted octanol–water partition coefficient (Wildman–Crippen LogP) is 2.29. The number of aromatic nitrogens is 2. The van der Waals surface area contributed by atoms with Crippen LogP contribution in [0.2, 0.25) is 0 Å². The Morgan fingerprint density at radius 3 is 2.95 bits per heavy atom. The van der Waals surface area contributed by atoms with Gasteiger partial charge in [-0.25, -0.2) is 4.98 Å². The van der Waals surface area contributed by atoms with E-state index in [9.17, 15) is 0 Å². The van der Waals surface area contributed by atoms with E-state index >= 15 is 0 Å². The molecule has 1 atom stereocenters. The number of methoxy groups -OCH3 is 1. The fraction of sp³-hybridized carbons (Fsp3) is 0.467. The number of nitrogens with zero attached hydrogens (tertiary/aromatic N) is 3. The van der Waals surface area contributed by atoms with Gasteiger partial charge < -0.3 is 15.0 Å². The zero-order valence-corrected chi connectivity index (χ0v) is 12.0. The molecule has 1 fully saturated rings. The molecule has 20 heavy (non-hydrogen) atoms. The standard InChI is InChI=1S/C15H20N4O/c1-3-16-15-17-13-7-5-4-6-12(13)14(18-15)19-9-8-11(10-19)20-2/h4-7,11H,3,8-10H2,1-2H3,(H,16,17,18). The average Bonchev–Trinajstić information content (AvgIpc) is 2.95. The summed E-state index contributed by atoms with van der Waals surface area (Å²) in [5, 5.41) is 4.31. The van der Waals surface area contributed by atoms with Gasteiger partial charge in [0, 0.05) is 32.1 Å². The van der Waals surface area contributed by atoms with Crippen LogP contribution in [0, 0.1) is 0 Å². The lowest BCUT2D eigenvalue weighted by Gasteiger charge is -2.20. The Balaban J connectivity index is 2.03. The molecule has 1 aliphatic heterocycles. The van der Waals surface area contributed by atoms with Gasteiger partial charge >= 0.3 is 0 Å². The molecule has 1 aliphatic rings. The molecule has 0 amide bonds. The van der Waals surface area contributed by atoms with E-state index in [4.69, 9.17) is 4.74 Å². The lowest BCUT2D eigenvalue weighted by molar-refractivity contribution is 0.121. The molecular formula is C15H20N4O. The van der Waals surface area contributed by atoms with Crippen molar-refractivity contribution in [2.75, 3.05) is 37.0 Å². The zero-order valence-electron chi connectivity index (χ0n) is 12.0. The van der Waals surface area contributed by atoms with E-state index in [2.05, 4.69) is 33.2 Å². The SMILES string of the molecule is CCNc1nc(N2CCC(OC)C2)c2ccccc2n1. The predicted molar refractivity (Wildman–Crippen MR) is 81.3 cm³/mol. The fourth-order valence-electron chi connectivity index (χ4n) is 2.65. The number of hydrogen-bond donors (Lipinski definition) is 1. The van der Waals surface area contributed by atoms with E-state index in [0.29, 0.717) is 12.1 Å². The summed E-state index contributed by atoms with van der Waals surface area (Å²) in [6, 6.07) is 8.16. The normalized spacial score (nSPS) is 18.7. The molecule has 0 bridgehead atoms. The van der Waals surface area contributed by atoms with Gasteiger partial charge in [-0.3, -0.25) is 0 Å². The number of rotatable bonds is 4. The summed E-state index contributed by atoms with van der Waals surface area (Å²) in [7, 11) is 1.77. The molecule has 2 aromatic rings. The fourth-order valence-corrected chi connectivity index (χ4v) is 2.65. The smallest absolute Gasteiger partial charge is 0.225 e. The van der Waals surface area contributed by atoms with Crippen LogP contribution in [-0.4, -0.2) is 42.8 Å². The van der Waals surface area contributed by atoms with Crippen LogP contribution in [-0.2, 0) is 4.74 Å². The van der Waals surface area contributed by atoms with Crippen molar-refractivity contribution in [2.24, 2.45) is 0 Å². The van der Waals surface area contributed by atoms with Crippen molar-refractivity contribution in [3.05, 3.63) is 24.3 Å². The third-order valence-corrected chi connectivity index (χ3v) is 3.70. The number of hydrogen-bond acceptors (Lipinski definition) is 5. The van der Waals surface area contributed by atoms with Crippen LogP contribution >= 0.6 is 0 Å². The summed E-state index contributed by atoms with van der Waals surface area (Å²) in [4.78, 5) is 11.5. The highest BCUT2D eigenvalue weighted by atomic mass is 16.5. The van der Waals surface area contributed by atoms with Crippen molar-refractivity contribution in [3.63, 3.8) is 0 Å². The van der Waals surface area contributed by atoms with E-state index in [1.807, 2.05) is 18.2 Å². The molecule has 1 aromatic carbocycles. The molecule has 2 heterocycles. The molecule has 3 rings (SSSR count). The highest BCUT2D eigenvalue weighted by molar-refractivity contribution is 5.90. The molecule has 5 nitrogen and oxygen atoms in total. The van der Waals surface area contributed by atoms with Crippen LogP contribution in [0.5, 0.6) is 0 Å². The van der Waals surface area contributed by atoms with Gasteiger partial charge in [0.1, 0.15) is 5.82 Å². The monoisotopic (exact) mass is 272 g/mol. The van der Waals surface area contributed by atoms with E-state index in [1.54, 1.807) is 7.11 Å². The minimum absolute atomic E-state index is 0.298. The molecule has 1 unspecified atom stereocenters. The molecule has 0 radical (unpaired) electrons. The second-order valence-electron chi connectivity index (χ2n) is 5.01. The molecule has 0 saturated carbocycles. The third-order valence-electron chi connectivity index (χ3n) is 3.70. The Labute approximate surface area is 119 Å². The van der Waals surface area contributed by atoms with Crippen LogP contribution in [0.15, 0.2) is 24.3 Å². The van der Waals surface area contributed by atoms with Crippen LogP contribution < -0.4 is 10.2 Å². The first-order valence-electron chi connectivity index (χ1n) is 7.10. The number of ether oxygens (including phenoxy) is 1. The van der Waals surface area contributed by atoms with Crippen LogP contribution in [0.4, 0.5) is 11.8 Å². The van der Waals surface area contributed by atoms with Crippen LogP contribution in [0.1, 0.15) is 13.3 Å². The van der Waals surface area contributed by atoms with Gasteiger partial charge in [0.2, 0.25) is 5.95 Å². The highest BCUT2D eigenvalue weighted by Crippen LogP contribution is 2.28. The first-order valence-corrected chi connectivity index (χ1v) is 7.10. The quantitative estimate of drug-likeness (QED) is 0.925. The highest BCUT2D eigenvalue weighted by Gasteiger charge is 2.25. The lowest BCUT2D eigenvalue weighted by Crippen LogP contribution is -2.24. The van der Waals surface area contributed by atoms with E-state index < -0.39 is 0 Å². The average molecular weight is 272 g/mol. The maximum absolute atomic E-state index is 5.45. The Kier molecular flexibility index (Phi) is 3.69.